The number of oxime groups is 1. The van der Waals surface area contributed by atoms with E-state index >= 15 is 0 Å². The first kappa shape index (κ1) is 15.4. The largest absolute Gasteiger partial charge is 0.490 e. The summed E-state index contributed by atoms with van der Waals surface area (Å²) < 4.78 is 5.76. The summed E-state index contributed by atoms with van der Waals surface area (Å²) in [6.07, 6.45) is 2.76. The number of ether oxygens (including phenoxy) is 1. The van der Waals surface area contributed by atoms with Crippen LogP contribution in [-0.2, 0) is 0 Å². The van der Waals surface area contributed by atoms with E-state index in [1.807, 2.05) is 12.1 Å². The Bertz CT molecular complexity index is 472. The third kappa shape index (κ3) is 4.22. The summed E-state index contributed by atoms with van der Waals surface area (Å²) >= 11 is 0. The second-order valence-corrected chi connectivity index (χ2v) is 5.03. The van der Waals surface area contributed by atoms with Crippen LogP contribution in [-0.4, -0.2) is 60.3 Å². The van der Waals surface area contributed by atoms with Crippen LogP contribution >= 0.6 is 0 Å². The molecule has 0 atom stereocenters. The van der Waals surface area contributed by atoms with Crippen LogP contribution in [0.4, 0.5) is 5.82 Å². The second kappa shape index (κ2) is 7.68. The lowest BCUT2D eigenvalue weighted by molar-refractivity contribution is 0.275. The minimum atomic E-state index is 0.244. The Balaban J connectivity index is 1.95. The van der Waals surface area contributed by atoms with Gasteiger partial charge in [0.2, 0.25) is 0 Å². The van der Waals surface area contributed by atoms with Crippen LogP contribution in [0.1, 0.15) is 13.3 Å². The van der Waals surface area contributed by atoms with E-state index in [-0.39, 0.29) is 5.84 Å². The second-order valence-electron chi connectivity index (χ2n) is 5.03. The van der Waals surface area contributed by atoms with E-state index in [9.17, 15) is 0 Å². The molecule has 2 rings (SSSR count). The van der Waals surface area contributed by atoms with Gasteiger partial charge in [0, 0.05) is 32.4 Å². The zero-order chi connectivity index (χ0) is 15.1. The Kier molecular flexibility index (Phi) is 5.62. The van der Waals surface area contributed by atoms with Crippen molar-refractivity contribution in [3.05, 3.63) is 18.3 Å². The first-order chi connectivity index (χ1) is 10.2. The van der Waals surface area contributed by atoms with Gasteiger partial charge in [0.1, 0.15) is 0 Å². The van der Waals surface area contributed by atoms with Gasteiger partial charge in [0.05, 0.1) is 13.2 Å². The average Bonchev–Trinajstić information content (AvgIpc) is 2.54. The van der Waals surface area contributed by atoms with Crippen LogP contribution in [0, 0.1) is 0 Å². The van der Waals surface area contributed by atoms with Gasteiger partial charge in [-0.2, -0.15) is 0 Å². The predicted octanol–water partition coefficient (Wildman–Crippen LogP) is 0.739. The highest BCUT2D eigenvalue weighted by Gasteiger charge is 2.21. The lowest BCUT2D eigenvalue weighted by atomic mass is 10.3. The highest BCUT2D eigenvalue weighted by Crippen LogP contribution is 2.26. The van der Waals surface area contributed by atoms with Crippen molar-refractivity contribution >= 4 is 11.7 Å². The first-order valence-corrected chi connectivity index (χ1v) is 7.26. The number of amidine groups is 1. The summed E-state index contributed by atoms with van der Waals surface area (Å²) in [7, 11) is 0. The summed E-state index contributed by atoms with van der Waals surface area (Å²) in [6, 6.07) is 3.85. The van der Waals surface area contributed by atoms with Gasteiger partial charge in [0.25, 0.3) is 0 Å². The zero-order valence-corrected chi connectivity index (χ0v) is 12.4. The minimum absolute atomic E-state index is 0.244. The average molecular weight is 293 g/mol. The molecule has 0 saturated carbocycles. The SMILES string of the molecule is CCCOc1cccnc1N1CCN(C/C(N)=N/O)CC1. The summed E-state index contributed by atoms with van der Waals surface area (Å²) in [5.41, 5.74) is 5.54. The van der Waals surface area contributed by atoms with Crippen LogP contribution in [0.2, 0.25) is 0 Å². The quantitative estimate of drug-likeness (QED) is 0.348. The molecular formula is C14H23N5O2. The number of anilines is 1. The highest BCUT2D eigenvalue weighted by molar-refractivity contribution is 5.81. The van der Waals surface area contributed by atoms with Gasteiger partial charge < -0.3 is 20.6 Å². The molecule has 1 aliphatic heterocycles. The Morgan fingerprint density at radius 1 is 1.43 bits per heavy atom. The van der Waals surface area contributed by atoms with Gasteiger partial charge in [-0.15, -0.1) is 0 Å². The fourth-order valence-electron chi connectivity index (χ4n) is 2.32. The molecule has 21 heavy (non-hydrogen) atoms. The number of nitrogens with zero attached hydrogens (tertiary/aromatic N) is 4. The molecular weight excluding hydrogens is 270 g/mol. The van der Waals surface area contributed by atoms with Gasteiger partial charge in [-0.1, -0.05) is 12.1 Å². The molecule has 7 nitrogen and oxygen atoms in total. The lowest BCUT2D eigenvalue weighted by Gasteiger charge is -2.35. The van der Waals surface area contributed by atoms with Crippen molar-refractivity contribution in [1.82, 2.24) is 9.88 Å². The number of rotatable bonds is 6. The standard InChI is InChI=1S/C14H23N5O2/c1-2-10-21-12-4-3-5-16-14(12)19-8-6-18(7-9-19)11-13(15)17-20/h3-5,20H,2,6-11H2,1H3,(H2,15,17). The smallest absolute Gasteiger partial charge is 0.171 e. The van der Waals surface area contributed by atoms with Gasteiger partial charge >= 0.3 is 0 Å². The van der Waals surface area contributed by atoms with E-state index in [0.29, 0.717) is 13.2 Å². The Morgan fingerprint density at radius 2 is 2.19 bits per heavy atom. The van der Waals surface area contributed by atoms with Crippen LogP contribution < -0.4 is 15.4 Å². The number of hydrogen-bond acceptors (Lipinski definition) is 6. The molecule has 0 bridgehead atoms. The van der Waals surface area contributed by atoms with Crippen molar-refractivity contribution in [2.75, 3.05) is 44.2 Å². The molecule has 1 aromatic heterocycles. The fourth-order valence-corrected chi connectivity index (χ4v) is 2.32. The molecule has 0 aromatic carbocycles. The number of pyridine rings is 1. The lowest BCUT2D eigenvalue weighted by Crippen LogP contribution is -2.49. The highest BCUT2D eigenvalue weighted by atomic mass is 16.5. The van der Waals surface area contributed by atoms with Crippen molar-refractivity contribution in [2.24, 2.45) is 10.9 Å². The number of nitrogens with two attached hydrogens (primary N) is 1. The van der Waals surface area contributed by atoms with Crippen molar-refractivity contribution in [1.29, 1.82) is 0 Å². The summed E-state index contributed by atoms with van der Waals surface area (Å²) in [5, 5.41) is 11.6. The molecule has 7 heteroatoms. The first-order valence-electron chi connectivity index (χ1n) is 7.26. The molecule has 3 N–H and O–H groups in total. The molecule has 1 aromatic rings. The maximum Gasteiger partial charge on any atom is 0.171 e. The van der Waals surface area contributed by atoms with E-state index in [1.165, 1.54) is 0 Å². The van der Waals surface area contributed by atoms with Crippen LogP contribution in [0.15, 0.2) is 23.5 Å². The van der Waals surface area contributed by atoms with Gasteiger partial charge in [-0.05, 0) is 18.6 Å². The number of hydrogen-bond donors (Lipinski definition) is 2. The van der Waals surface area contributed by atoms with Crippen LogP contribution in [0.5, 0.6) is 5.75 Å². The van der Waals surface area contributed by atoms with E-state index in [4.69, 9.17) is 15.7 Å². The Hall–Kier alpha value is -2.02. The minimum Gasteiger partial charge on any atom is -0.490 e. The number of aromatic nitrogens is 1. The van der Waals surface area contributed by atoms with Crippen molar-refractivity contribution < 1.29 is 9.94 Å². The number of piperazine rings is 1. The third-order valence-corrected chi connectivity index (χ3v) is 3.40. The molecule has 0 amide bonds. The molecule has 2 heterocycles. The molecule has 1 saturated heterocycles. The Morgan fingerprint density at radius 3 is 2.86 bits per heavy atom. The predicted molar refractivity (Wildman–Crippen MR) is 82.1 cm³/mol. The van der Waals surface area contributed by atoms with Crippen molar-refractivity contribution in [2.45, 2.75) is 13.3 Å². The molecule has 1 fully saturated rings. The topological polar surface area (TPSA) is 87.2 Å². The normalized spacial score (nSPS) is 17.0. The van der Waals surface area contributed by atoms with Crippen molar-refractivity contribution in [3.8, 4) is 5.75 Å². The Labute approximate surface area is 125 Å². The van der Waals surface area contributed by atoms with E-state index in [1.54, 1.807) is 6.20 Å². The molecule has 0 aliphatic carbocycles. The van der Waals surface area contributed by atoms with Crippen LogP contribution in [0.3, 0.4) is 0 Å². The maximum absolute atomic E-state index is 8.61. The third-order valence-electron chi connectivity index (χ3n) is 3.40. The molecule has 116 valence electrons. The summed E-state index contributed by atoms with van der Waals surface area (Å²) in [5.74, 6) is 1.98. The molecule has 0 spiro atoms. The van der Waals surface area contributed by atoms with E-state index in [2.05, 4.69) is 26.9 Å². The zero-order valence-electron chi connectivity index (χ0n) is 12.4. The summed E-state index contributed by atoms with van der Waals surface area (Å²) in [4.78, 5) is 8.82. The summed E-state index contributed by atoms with van der Waals surface area (Å²) in [6.45, 7) is 6.66. The molecule has 0 unspecified atom stereocenters. The van der Waals surface area contributed by atoms with Gasteiger partial charge in [-0.3, -0.25) is 4.90 Å². The monoisotopic (exact) mass is 293 g/mol. The van der Waals surface area contributed by atoms with Crippen molar-refractivity contribution in [3.63, 3.8) is 0 Å². The van der Waals surface area contributed by atoms with E-state index in [0.717, 1.165) is 44.2 Å². The molecule has 1 aliphatic rings. The van der Waals surface area contributed by atoms with Gasteiger partial charge in [0.15, 0.2) is 17.4 Å². The maximum atomic E-state index is 8.61. The van der Waals surface area contributed by atoms with E-state index < -0.39 is 0 Å². The molecule has 0 radical (unpaired) electrons. The fraction of sp³-hybridized carbons (Fsp3) is 0.571. The van der Waals surface area contributed by atoms with Gasteiger partial charge in [-0.25, -0.2) is 4.98 Å². The van der Waals surface area contributed by atoms with Crippen LogP contribution in [0.25, 0.3) is 0 Å².